The summed E-state index contributed by atoms with van der Waals surface area (Å²) in [5.74, 6) is 0. The second-order valence-electron chi connectivity index (χ2n) is 3.71. The lowest BCUT2D eigenvalue weighted by atomic mass is 9.97. The number of hydrogen-bond acceptors (Lipinski definition) is 5. The van der Waals surface area contributed by atoms with Gasteiger partial charge in [0.25, 0.3) is 0 Å². The van der Waals surface area contributed by atoms with Crippen LogP contribution in [0.25, 0.3) is 0 Å². The molecule has 0 aromatic rings. The average molecular weight is 286 g/mol. The molecule has 100 valence electrons. The molecule has 0 aromatic heterocycles. The minimum absolute atomic E-state index is 0.0862. The number of carbonyl (C=O) groups excluding carboxylic acids is 1. The van der Waals surface area contributed by atoms with Gasteiger partial charge in [0.15, 0.2) is 0 Å². The molecule has 6 nitrogen and oxygen atoms in total. The van der Waals surface area contributed by atoms with E-state index in [1.54, 1.807) is 11.6 Å². The smallest absolute Gasteiger partial charge is 0.422 e. The third kappa shape index (κ3) is 5.10. The second-order valence-corrected chi connectivity index (χ2v) is 5.58. The highest BCUT2D eigenvalue weighted by Gasteiger charge is 2.29. The van der Waals surface area contributed by atoms with E-state index in [-0.39, 0.29) is 12.0 Å². The van der Waals surface area contributed by atoms with Crippen LogP contribution in [0.15, 0.2) is 0 Å². The van der Waals surface area contributed by atoms with Crippen LogP contribution in [0.4, 0.5) is 4.79 Å². The van der Waals surface area contributed by atoms with Crippen LogP contribution in [0.5, 0.6) is 0 Å². The minimum Gasteiger partial charge on any atom is -0.449 e. The molecule has 1 N–H and O–H groups in total. The largest absolute Gasteiger partial charge is 0.449 e. The number of ether oxygens (including phenoxy) is 1. The minimum atomic E-state index is -4.14. The van der Waals surface area contributed by atoms with Gasteiger partial charge in [0, 0.05) is 0 Å². The van der Waals surface area contributed by atoms with Crippen LogP contribution in [-0.2, 0) is 19.2 Å². The molecule has 2 atom stereocenters. The highest BCUT2D eigenvalue weighted by atomic mass is 35.5. The maximum atomic E-state index is 11.4. The molecule has 1 saturated carbocycles. The van der Waals surface area contributed by atoms with E-state index in [1.165, 1.54) is 0 Å². The molecule has 8 heteroatoms. The Morgan fingerprint density at radius 2 is 2.06 bits per heavy atom. The van der Waals surface area contributed by atoms with Crippen LogP contribution in [0.2, 0.25) is 0 Å². The first-order valence-electron chi connectivity index (χ1n) is 5.46. The zero-order valence-corrected chi connectivity index (χ0v) is 11.1. The molecule has 2 unspecified atom stereocenters. The molecule has 0 aliphatic heterocycles. The molecule has 0 bridgehead atoms. The predicted molar refractivity (Wildman–Crippen MR) is 62.1 cm³/mol. The summed E-state index contributed by atoms with van der Waals surface area (Å²) >= 11 is 5.95. The van der Waals surface area contributed by atoms with Gasteiger partial charge in [0.1, 0.15) is 0 Å². The molecule has 1 fully saturated rings. The van der Waals surface area contributed by atoms with E-state index in [0.29, 0.717) is 12.8 Å². The van der Waals surface area contributed by atoms with Crippen molar-refractivity contribution in [1.29, 1.82) is 0 Å². The third-order valence-corrected chi connectivity index (χ3v) is 3.77. The van der Waals surface area contributed by atoms with Crippen LogP contribution >= 0.6 is 11.6 Å². The molecule has 0 saturated heterocycles. The van der Waals surface area contributed by atoms with Gasteiger partial charge in [-0.25, -0.2) is 8.98 Å². The lowest BCUT2D eigenvalue weighted by Gasteiger charge is -2.26. The maximum Gasteiger partial charge on any atom is 0.422 e. The summed E-state index contributed by atoms with van der Waals surface area (Å²) in [7, 11) is -4.14. The van der Waals surface area contributed by atoms with Gasteiger partial charge in [-0.1, -0.05) is 12.8 Å². The SMILES string of the molecule is CCOC(=O)NS(=O)(=O)OC1CCCCC1Cl. The zero-order valence-electron chi connectivity index (χ0n) is 9.52. The summed E-state index contributed by atoms with van der Waals surface area (Å²) in [6.45, 7) is 1.66. The first-order valence-corrected chi connectivity index (χ1v) is 7.31. The maximum absolute atomic E-state index is 11.4. The van der Waals surface area contributed by atoms with E-state index in [4.69, 9.17) is 15.8 Å². The van der Waals surface area contributed by atoms with Crippen LogP contribution in [0.1, 0.15) is 32.6 Å². The van der Waals surface area contributed by atoms with Crippen LogP contribution in [0.3, 0.4) is 0 Å². The topological polar surface area (TPSA) is 81.7 Å². The third-order valence-electron chi connectivity index (χ3n) is 2.36. The van der Waals surface area contributed by atoms with Crippen molar-refractivity contribution >= 4 is 28.0 Å². The Labute approximate surface area is 106 Å². The molecular weight excluding hydrogens is 270 g/mol. The highest BCUT2D eigenvalue weighted by Crippen LogP contribution is 2.26. The Morgan fingerprint density at radius 1 is 1.41 bits per heavy atom. The standard InChI is InChI=1S/C9H16ClNO5S/c1-2-15-9(12)11-17(13,14)16-8-6-4-3-5-7(8)10/h7-8H,2-6H2,1H3,(H,11,12). The van der Waals surface area contributed by atoms with Crippen molar-refractivity contribution < 1.29 is 22.1 Å². The van der Waals surface area contributed by atoms with E-state index < -0.39 is 22.5 Å². The molecule has 1 amide bonds. The van der Waals surface area contributed by atoms with Crippen LogP contribution < -0.4 is 4.72 Å². The van der Waals surface area contributed by atoms with Gasteiger partial charge in [-0.05, 0) is 19.8 Å². The highest BCUT2D eigenvalue weighted by molar-refractivity contribution is 7.85. The van der Waals surface area contributed by atoms with Crippen molar-refractivity contribution in [3.8, 4) is 0 Å². The van der Waals surface area contributed by atoms with Crippen molar-refractivity contribution in [2.45, 2.75) is 44.1 Å². The van der Waals surface area contributed by atoms with Gasteiger partial charge in [0.2, 0.25) is 0 Å². The number of alkyl halides is 1. The normalized spacial score (nSPS) is 25.3. The Morgan fingerprint density at radius 3 is 2.65 bits per heavy atom. The van der Waals surface area contributed by atoms with Gasteiger partial charge < -0.3 is 4.74 Å². The quantitative estimate of drug-likeness (QED) is 0.793. The molecule has 1 rings (SSSR count). The van der Waals surface area contributed by atoms with Gasteiger partial charge in [-0.15, -0.1) is 11.6 Å². The second kappa shape index (κ2) is 6.42. The monoisotopic (exact) mass is 285 g/mol. The predicted octanol–water partition coefficient (Wildman–Crippen LogP) is 1.54. The molecule has 17 heavy (non-hydrogen) atoms. The summed E-state index contributed by atoms with van der Waals surface area (Å²) < 4.78 is 33.8. The number of halogens is 1. The fourth-order valence-corrected chi connectivity index (χ4v) is 2.87. The Hall–Kier alpha value is -0.530. The van der Waals surface area contributed by atoms with Crippen molar-refractivity contribution in [3.05, 3.63) is 0 Å². The first kappa shape index (κ1) is 14.5. The summed E-state index contributed by atoms with van der Waals surface area (Å²) in [4.78, 5) is 11.0. The molecule has 0 aromatic carbocycles. The van der Waals surface area contributed by atoms with Gasteiger partial charge in [0.05, 0.1) is 18.1 Å². The van der Waals surface area contributed by atoms with E-state index in [0.717, 1.165) is 12.8 Å². The van der Waals surface area contributed by atoms with Crippen molar-refractivity contribution in [3.63, 3.8) is 0 Å². The van der Waals surface area contributed by atoms with Gasteiger partial charge >= 0.3 is 16.4 Å². The van der Waals surface area contributed by atoms with Gasteiger partial charge in [-0.3, -0.25) is 0 Å². The van der Waals surface area contributed by atoms with Crippen molar-refractivity contribution in [1.82, 2.24) is 4.72 Å². The summed E-state index contributed by atoms with van der Waals surface area (Å²) in [5, 5.41) is -0.345. The molecule has 1 aliphatic carbocycles. The number of nitrogens with one attached hydrogen (secondary N) is 1. The molecule has 0 heterocycles. The lowest BCUT2D eigenvalue weighted by molar-refractivity contribution is 0.146. The summed E-state index contributed by atoms with van der Waals surface area (Å²) in [6, 6.07) is 0. The van der Waals surface area contributed by atoms with E-state index >= 15 is 0 Å². The Bertz CT molecular complexity index is 358. The number of carbonyl (C=O) groups is 1. The summed E-state index contributed by atoms with van der Waals surface area (Å²) in [6.07, 6.45) is 1.47. The first-order chi connectivity index (χ1) is 7.94. The van der Waals surface area contributed by atoms with E-state index in [1.807, 2.05) is 0 Å². The van der Waals surface area contributed by atoms with Crippen LogP contribution in [-0.4, -0.2) is 32.6 Å². The number of amides is 1. The molecule has 0 spiro atoms. The zero-order chi connectivity index (χ0) is 12.9. The number of rotatable bonds is 4. The molecular formula is C9H16ClNO5S. The van der Waals surface area contributed by atoms with Crippen molar-refractivity contribution in [2.24, 2.45) is 0 Å². The van der Waals surface area contributed by atoms with Crippen molar-refractivity contribution in [2.75, 3.05) is 6.61 Å². The Balaban J connectivity index is 2.50. The fourth-order valence-electron chi connectivity index (χ4n) is 1.61. The number of hydrogen-bond donors (Lipinski definition) is 1. The van der Waals surface area contributed by atoms with E-state index in [2.05, 4.69) is 4.74 Å². The molecule has 0 radical (unpaired) electrons. The van der Waals surface area contributed by atoms with Crippen LogP contribution in [0, 0.1) is 0 Å². The Kier molecular flexibility index (Phi) is 5.48. The lowest BCUT2D eigenvalue weighted by Crippen LogP contribution is -2.38. The van der Waals surface area contributed by atoms with Gasteiger partial charge in [-0.2, -0.15) is 13.1 Å². The average Bonchev–Trinajstić information content (AvgIpc) is 2.20. The molecule has 1 aliphatic rings. The fraction of sp³-hybridized carbons (Fsp3) is 0.889. The summed E-state index contributed by atoms with van der Waals surface area (Å²) in [5.41, 5.74) is 0. The van der Waals surface area contributed by atoms with E-state index in [9.17, 15) is 13.2 Å².